The van der Waals surface area contributed by atoms with Gasteiger partial charge in [0.25, 0.3) is 0 Å². The van der Waals surface area contributed by atoms with Crippen molar-refractivity contribution in [2.24, 2.45) is 16.7 Å². The Bertz CT molecular complexity index is 949. The van der Waals surface area contributed by atoms with E-state index in [0.29, 0.717) is 25.9 Å². The summed E-state index contributed by atoms with van der Waals surface area (Å²) >= 11 is 0. The first-order valence-corrected chi connectivity index (χ1v) is 13.6. The fourth-order valence-corrected chi connectivity index (χ4v) is 8.06. The first-order chi connectivity index (χ1) is 17.0. The Morgan fingerprint density at radius 2 is 1.76 bits per heavy atom. The SMILES string of the molecule is C=C[C@@]1(C)CC(=O)[C@]2(O)C3(C)C(C(O)C(OC(=O)C(C)N4CCN(C)CC4)[C@@]2(C)O1)C(C)(C)CC[C@@H]3O. The van der Waals surface area contributed by atoms with E-state index in [0.717, 1.165) is 13.1 Å². The van der Waals surface area contributed by atoms with Gasteiger partial charge in [0.15, 0.2) is 17.5 Å². The number of nitrogens with zero attached hydrogens (tertiary/aromatic N) is 2. The summed E-state index contributed by atoms with van der Waals surface area (Å²) in [4.78, 5) is 31.8. The van der Waals surface area contributed by atoms with E-state index in [2.05, 4.69) is 11.5 Å². The van der Waals surface area contributed by atoms with Crippen LogP contribution < -0.4 is 0 Å². The minimum Gasteiger partial charge on any atom is -0.455 e. The monoisotopic (exact) mass is 522 g/mol. The highest BCUT2D eigenvalue weighted by atomic mass is 16.6. The number of ether oxygens (including phenoxy) is 2. The zero-order valence-electron chi connectivity index (χ0n) is 23.5. The summed E-state index contributed by atoms with van der Waals surface area (Å²) in [7, 11) is 2.03. The second kappa shape index (κ2) is 9.10. The van der Waals surface area contributed by atoms with Gasteiger partial charge in [0.05, 0.1) is 17.8 Å². The van der Waals surface area contributed by atoms with Gasteiger partial charge < -0.3 is 29.7 Å². The molecular formula is C28H46N2O7. The third-order valence-corrected chi connectivity index (χ3v) is 10.4. The van der Waals surface area contributed by atoms with Gasteiger partial charge in [-0.15, -0.1) is 6.58 Å². The van der Waals surface area contributed by atoms with Crippen LogP contribution in [0.1, 0.15) is 60.8 Å². The lowest BCUT2D eigenvalue weighted by Gasteiger charge is -2.71. The van der Waals surface area contributed by atoms with Gasteiger partial charge in [-0.2, -0.15) is 0 Å². The molecule has 37 heavy (non-hydrogen) atoms. The van der Waals surface area contributed by atoms with Crippen LogP contribution in [0.15, 0.2) is 12.7 Å². The van der Waals surface area contributed by atoms with Crippen molar-refractivity contribution < 1.29 is 34.4 Å². The fourth-order valence-electron chi connectivity index (χ4n) is 8.06. The topological polar surface area (TPSA) is 120 Å². The van der Waals surface area contributed by atoms with Crippen molar-refractivity contribution >= 4 is 11.8 Å². The fraction of sp³-hybridized carbons (Fsp3) is 0.857. The van der Waals surface area contributed by atoms with E-state index >= 15 is 0 Å². The Morgan fingerprint density at radius 1 is 1.16 bits per heavy atom. The van der Waals surface area contributed by atoms with Crippen molar-refractivity contribution in [3.63, 3.8) is 0 Å². The lowest BCUT2D eigenvalue weighted by Crippen LogP contribution is -2.86. The number of esters is 1. The third kappa shape index (κ3) is 3.95. The molecule has 9 atom stereocenters. The number of aliphatic hydroxyl groups is 3. The van der Waals surface area contributed by atoms with Crippen LogP contribution in [-0.2, 0) is 19.1 Å². The van der Waals surface area contributed by atoms with Gasteiger partial charge in [0.1, 0.15) is 11.6 Å². The van der Waals surface area contributed by atoms with Crippen LogP contribution in [0, 0.1) is 16.7 Å². The van der Waals surface area contributed by atoms with Crippen LogP contribution >= 0.6 is 0 Å². The molecule has 0 amide bonds. The van der Waals surface area contributed by atoms with E-state index in [9.17, 15) is 24.9 Å². The summed E-state index contributed by atoms with van der Waals surface area (Å²) in [6.45, 7) is 17.5. The zero-order chi connectivity index (χ0) is 27.8. The molecule has 3 N–H and O–H groups in total. The normalized spacial score (nSPS) is 47.5. The summed E-state index contributed by atoms with van der Waals surface area (Å²) in [6.07, 6.45) is -1.39. The second-order valence-electron chi connectivity index (χ2n) is 13.2. The number of aliphatic hydroxyl groups excluding tert-OH is 2. The quantitative estimate of drug-likeness (QED) is 0.369. The number of carbonyl (C=O) groups excluding carboxylic acids is 2. The molecule has 0 spiro atoms. The Morgan fingerprint density at radius 3 is 2.32 bits per heavy atom. The van der Waals surface area contributed by atoms with Crippen LogP contribution in [0.3, 0.4) is 0 Å². The molecule has 4 fully saturated rings. The molecule has 0 aromatic rings. The number of piperazine rings is 1. The highest BCUT2D eigenvalue weighted by molar-refractivity contribution is 5.92. The van der Waals surface area contributed by atoms with Crippen molar-refractivity contribution in [1.82, 2.24) is 9.80 Å². The molecule has 0 bridgehead atoms. The Kier molecular flexibility index (Phi) is 7.04. The summed E-state index contributed by atoms with van der Waals surface area (Å²) in [5, 5.41) is 35.9. The largest absolute Gasteiger partial charge is 0.455 e. The maximum atomic E-state index is 14.0. The van der Waals surface area contributed by atoms with Gasteiger partial charge in [0, 0.05) is 43.9 Å². The average Bonchev–Trinajstić information content (AvgIpc) is 2.82. The maximum Gasteiger partial charge on any atom is 0.323 e. The van der Waals surface area contributed by atoms with E-state index in [1.165, 1.54) is 13.0 Å². The molecular weight excluding hydrogens is 476 g/mol. The number of hydrogen-bond donors (Lipinski definition) is 3. The lowest BCUT2D eigenvalue weighted by molar-refractivity contribution is -0.371. The second-order valence-corrected chi connectivity index (χ2v) is 13.2. The molecule has 4 aliphatic rings. The van der Waals surface area contributed by atoms with Crippen molar-refractivity contribution in [3.05, 3.63) is 12.7 Å². The van der Waals surface area contributed by atoms with Crippen LogP contribution in [0.5, 0.6) is 0 Å². The summed E-state index contributed by atoms with van der Waals surface area (Å²) < 4.78 is 12.6. The minimum atomic E-state index is -2.22. The van der Waals surface area contributed by atoms with Gasteiger partial charge in [0.2, 0.25) is 0 Å². The molecule has 2 heterocycles. The molecule has 2 aliphatic heterocycles. The summed E-state index contributed by atoms with van der Waals surface area (Å²) in [5.74, 6) is -1.79. The number of carbonyl (C=O) groups is 2. The van der Waals surface area contributed by atoms with E-state index in [4.69, 9.17) is 9.47 Å². The van der Waals surface area contributed by atoms with Crippen molar-refractivity contribution in [3.8, 4) is 0 Å². The molecule has 0 aromatic carbocycles. The molecule has 2 aliphatic carbocycles. The predicted molar refractivity (Wildman–Crippen MR) is 138 cm³/mol. The third-order valence-electron chi connectivity index (χ3n) is 10.4. The van der Waals surface area contributed by atoms with Crippen LogP contribution in [0.25, 0.3) is 0 Å². The van der Waals surface area contributed by atoms with Crippen LogP contribution in [0.4, 0.5) is 0 Å². The average molecular weight is 523 g/mol. The molecule has 2 saturated heterocycles. The smallest absolute Gasteiger partial charge is 0.323 e. The molecule has 9 nitrogen and oxygen atoms in total. The number of ketones is 1. The lowest BCUT2D eigenvalue weighted by atomic mass is 9.40. The van der Waals surface area contributed by atoms with Gasteiger partial charge in [-0.05, 0) is 46.1 Å². The molecule has 4 rings (SSSR count). The minimum absolute atomic E-state index is 0.146. The number of hydrogen-bond acceptors (Lipinski definition) is 9. The van der Waals surface area contributed by atoms with Crippen molar-refractivity contribution in [2.45, 2.75) is 102 Å². The standard InChI is InChI=1S/C28H46N2O7/c1-9-25(5)16-19(32)28(35)26(6)18(31)10-11-24(3,4)21(26)20(33)22(27(28,7)37-25)36-23(34)17(2)30-14-12-29(8)13-15-30/h9,17-18,20-22,31,33,35H,1,10-16H2,2-8H3/t17?,18-,20?,21?,22?,25-,26?,27+,28-/m0/s1. The molecule has 9 heteroatoms. The Hall–Kier alpha value is -1.36. The number of rotatable bonds is 4. The summed E-state index contributed by atoms with van der Waals surface area (Å²) in [5.41, 5.74) is -7.19. The van der Waals surface area contributed by atoms with Gasteiger partial charge in [-0.25, -0.2) is 0 Å². The molecule has 5 unspecified atom stereocenters. The highest BCUT2D eigenvalue weighted by Crippen LogP contribution is 2.67. The molecule has 210 valence electrons. The van der Waals surface area contributed by atoms with E-state index in [-0.39, 0.29) is 6.42 Å². The Balaban J connectivity index is 1.80. The maximum absolute atomic E-state index is 14.0. The van der Waals surface area contributed by atoms with Gasteiger partial charge in [-0.1, -0.05) is 26.8 Å². The first kappa shape index (κ1) is 28.6. The molecule has 0 aromatic heterocycles. The van der Waals surface area contributed by atoms with E-state index in [1.807, 2.05) is 25.8 Å². The van der Waals surface area contributed by atoms with Crippen LogP contribution in [-0.4, -0.2) is 111 Å². The first-order valence-electron chi connectivity index (χ1n) is 13.6. The van der Waals surface area contributed by atoms with E-state index < -0.39 is 69.7 Å². The Labute approximate surface area is 220 Å². The number of likely N-dealkylation sites (N-methyl/N-ethyl adjacent to an activating group) is 1. The van der Waals surface area contributed by atoms with Crippen molar-refractivity contribution in [1.29, 1.82) is 0 Å². The van der Waals surface area contributed by atoms with E-state index in [1.54, 1.807) is 20.8 Å². The molecule has 0 radical (unpaired) electrons. The number of Topliss-reactive ketones (excluding diaryl/α,β-unsaturated/α-hetero) is 1. The zero-order valence-corrected chi connectivity index (χ0v) is 23.5. The highest BCUT2D eigenvalue weighted by Gasteiger charge is 2.81. The number of fused-ring (bicyclic) bond motifs is 3. The summed E-state index contributed by atoms with van der Waals surface area (Å²) in [6, 6.07) is -0.582. The predicted octanol–water partition coefficient (Wildman–Crippen LogP) is 1.14. The van der Waals surface area contributed by atoms with Gasteiger partial charge >= 0.3 is 5.97 Å². The molecule has 2 saturated carbocycles. The van der Waals surface area contributed by atoms with Crippen LogP contribution in [0.2, 0.25) is 0 Å². The van der Waals surface area contributed by atoms with Crippen molar-refractivity contribution in [2.75, 3.05) is 33.2 Å². The van der Waals surface area contributed by atoms with Gasteiger partial charge in [-0.3, -0.25) is 14.5 Å².